The number of rotatable bonds is 4. The van der Waals surface area contributed by atoms with E-state index in [0.29, 0.717) is 0 Å². The highest BCUT2D eigenvalue weighted by Crippen LogP contribution is 2.23. The van der Waals surface area contributed by atoms with Crippen molar-refractivity contribution in [2.75, 3.05) is 20.6 Å². The average molecular weight is 212 g/mol. The molecule has 0 aromatic heterocycles. The SMILES string of the molecule is CC1CCC(NCC(C)(C)N(C)C)CC1. The maximum atomic E-state index is 3.72. The average Bonchev–Trinajstić information content (AvgIpc) is 2.17. The molecule has 0 aromatic rings. The monoisotopic (exact) mass is 212 g/mol. The summed E-state index contributed by atoms with van der Waals surface area (Å²) in [4.78, 5) is 2.30. The Balaban J connectivity index is 2.25. The van der Waals surface area contributed by atoms with Crippen molar-refractivity contribution in [1.29, 1.82) is 0 Å². The van der Waals surface area contributed by atoms with Crippen LogP contribution in [-0.2, 0) is 0 Å². The van der Waals surface area contributed by atoms with E-state index in [9.17, 15) is 0 Å². The van der Waals surface area contributed by atoms with Crippen LogP contribution >= 0.6 is 0 Å². The van der Waals surface area contributed by atoms with Gasteiger partial charge in [-0.3, -0.25) is 0 Å². The number of nitrogens with zero attached hydrogens (tertiary/aromatic N) is 1. The normalized spacial score (nSPS) is 28.4. The molecule has 0 aliphatic heterocycles. The van der Waals surface area contributed by atoms with Gasteiger partial charge in [0.2, 0.25) is 0 Å². The third-order valence-electron chi connectivity index (χ3n) is 4.05. The lowest BCUT2D eigenvalue weighted by atomic mass is 9.87. The Morgan fingerprint density at radius 1 is 1.13 bits per heavy atom. The van der Waals surface area contributed by atoms with E-state index in [1.807, 2.05) is 0 Å². The van der Waals surface area contributed by atoms with Gasteiger partial charge in [-0.15, -0.1) is 0 Å². The number of hydrogen-bond acceptors (Lipinski definition) is 2. The molecule has 1 aliphatic rings. The van der Waals surface area contributed by atoms with Crippen LogP contribution in [0.1, 0.15) is 46.5 Å². The van der Waals surface area contributed by atoms with Gasteiger partial charge in [-0.1, -0.05) is 6.92 Å². The van der Waals surface area contributed by atoms with Crippen molar-refractivity contribution in [3.63, 3.8) is 0 Å². The second-order valence-corrected chi connectivity index (χ2v) is 6.04. The van der Waals surface area contributed by atoms with Crippen LogP contribution in [0.2, 0.25) is 0 Å². The summed E-state index contributed by atoms with van der Waals surface area (Å²) in [5.74, 6) is 0.949. The molecule has 0 aromatic carbocycles. The van der Waals surface area contributed by atoms with Gasteiger partial charge in [0.05, 0.1) is 0 Å². The van der Waals surface area contributed by atoms with Gasteiger partial charge in [-0.25, -0.2) is 0 Å². The summed E-state index contributed by atoms with van der Waals surface area (Å²) in [6.45, 7) is 8.07. The van der Waals surface area contributed by atoms with E-state index in [1.54, 1.807) is 0 Å². The minimum atomic E-state index is 0.267. The molecular weight excluding hydrogens is 184 g/mol. The Morgan fingerprint density at radius 3 is 2.13 bits per heavy atom. The van der Waals surface area contributed by atoms with Crippen LogP contribution in [0.3, 0.4) is 0 Å². The van der Waals surface area contributed by atoms with Gasteiger partial charge >= 0.3 is 0 Å². The van der Waals surface area contributed by atoms with Crippen molar-refractivity contribution in [3.05, 3.63) is 0 Å². The molecule has 0 spiro atoms. The summed E-state index contributed by atoms with van der Waals surface area (Å²) >= 11 is 0. The largest absolute Gasteiger partial charge is 0.312 e. The highest BCUT2D eigenvalue weighted by atomic mass is 15.2. The third-order valence-corrected chi connectivity index (χ3v) is 4.05. The van der Waals surface area contributed by atoms with Crippen LogP contribution in [0.25, 0.3) is 0 Å². The summed E-state index contributed by atoms with van der Waals surface area (Å²) < 4.78 is 0. The summed E-state index contributed by atoms with van der Waals surface area (Å²) in [5.41, 5.74) is 0.267. The van der Waals surface area contributed by atoms with Crippen LogP contribution < -0.4 is 5.32 Å². The minimum absolute atomic E-state index is 0.267. The molecule has 15 heavy (non-hydrogen) atoms. The number of likely N-dealkylation sites (N-methyl/N-ethyl adjacent to an activating group) is 1. The molecule has 0 amide bonds. The van der Waals surface area contributed by atoms with Crippen molar-refractivity contribution < 1.29 is 0 Å². The first-order chi connectivity index (χ1) is 6.92. The zero-order valence-electron chi connectivity index (χ0n) is 11.1. The molecule has 2 nitrogen and oxygen atoms in total. The predicted octanol–water partition coefficient (Wildman–Crippen LogP) is 2.49. The van der Waals surface area contributed by atoms with E-state index >= 15 is 0 Å². The lowest BCUT2D eigenvalue weighted by Crippen LogP contribution is -2.49. The van der Waals surface area contributed by atoms with Gasteiger partial charge in [0.15, 0.2) is 0 Å². The molecule has 0 bridgehead atoms. The van der Waals surface area contributed by atoms with E-state index in [2.05, 4.69) is 45.1 Å². The fraction of sp³-hybridized carbons (Fsp3) is 1.00. The molecule has 90 valence electrons. The third kappa shape index (κ3) is 4.12. The Morgan fingerprint density at radius 2 is 1.67 bits per heavy atom. The van der Waals surface area contributed by atoms with Crippen LogP contribution in [-0.4, -0.2) is 37.1 Å². The predicted molar refractivity (Wildman–Crippen MR) is 67.2 cm³/mol. The van der Waals surface area contributed by atoms with Crippen LogP contribution in [0.4, 0.5) is 0 Å². The second kappa shape index (κ2) is 5.31. The topological polar surface area (TPSA) is 15.3 Å². The molecule has 0 unspecified atom stereocenters. The maximum Gasteiger partial charge on any atom is 0.0271 e. The first kappa shape index (κ1) is 13.0. The second-order valence-electron chi connectivity index (χ2n) is 6.04. The summed E-state index contributed by atoms with van der Waals surface area (Å²) in [6, 6.07) is 0.764. The van der Waals surface area contributed by atoms with Crippen molar-refractivity contribution in [2.45, 2.75) is 58.0 Å². The smallest absolute Gasteiger partial charge is 0.0271 e. The molecule has 1 fully saturated rings. The number of nitrogens with one attached hydrogen (secondary N) is 1. The minimum Gasteiger partial charge on any atom is -0.312 e. The zero-order valence-corrected chi connectivity index (χ0v) is 11.1. The van der Waals surface area contributed by atoms with Crippen molar-refractivity contribution >= 4 is 0 Å². The first-order valence-electron chi connectivity index (χ1n) is 6.32. The molecule has 0 saturated heterocycles. The van der Waals surface area contributed by atoms with Gasteiger partial charge in [0.1, 0.15) is 0 Å². The molecule has 2 heteroatoms. The standard InChI is InChI=1S/C13H28N2/c1-11-6-8-12(9-7-11)14-10-13(2,3)15(4)5/h11-12,14H,6-10H2,1-5H3. The number of hydrogen-bond donors (Lipinski definition) is 1. The highest BCUT2D eigenvalue weighted by molar-refractivity contribution is 4.83. The molecule has 0 atom stereocenters. The molecule has 1 rings (SSSR count). The fourth-order valence-corrected chi connectivity index (χ4v) is 2.02. The molecule has 0 radical (unpaired) electrons. The van der Waals surface area contributed by atoms with Crippen LogP contribution in [0.5, 0.6) is 0 Å². The quantitative estimate of drug-likeness (QED) is 0.770. The first-order valence-corrected chi connectivity index (χ1v) is 6.32. The van der Waals surface area contributed by atoms with Gasteiger partial charge in [-0.2, -0.15) is 0 Å². The van der Waals surface area contributed by atoms with Crippen molar-refractivity contribution in [1.82, 2.24) is 10.2 Å². The van der Waals surface area contributed by atoms with Gasteiger partial charge in [0, 0.05) is 18.1 Å². The van der Waals surface area contributed by atoms with Crippen molar-refractivity contribution in [2.24, 2.45) is 5.92 Å². The maximum absolute atomic E-state index is 3.72. The van der Waals surface area contributed by atoms with E-state index in [-0.39, 0.29) is 5.54 Å². The van der Waals surface area contributed by atoms with E-state index < -0.39 is 0 Å². The fourth-order valence-electron chi connectivity index (χ4n) is 2.02. The van der Waals surface area contributed by atoms with Gasteiger partial charge < -0.3 is 10.2 Å². The Bertz CT molecular complexity index is 179. The van der Waals surface area contributed by atoms with Crippen molar-refractivity contribution in [3.8, 4) is 0 Å². The van der Waals surface area contributed by atoms with Crippen LogP contribution in [0.15, 0.2) is 0 Å². The lowest BCUT2D eigenvalue weighted by Gasteiger charge is -2.36. The Labute approximate surface area is 95.4 Å². The summed E-state index contributed by atoms with van der Waals surface area (Å²) in [5, 5.41) is 3.72. The van der Waals surface area contributed by atoms with E-state index in [1.165, 1.54) is 25.7 Å². The Kier molecular flexibility index (Phi) is 4.60. The van der Waals surface area contributed by atoms with Gasteiger partial charge in [-0.05, 0) is 59.5 Å². The molecule has 1 aliphatic carbocycles. The van der Waals surface area contributed by atoms with E-state index in [0.717, 1.165) is 18.5 Å². The zero-order chi connectivity index (χ0) is 11.5. The van der Waals surface area contributed by atoms with Crippen LogP contribution in [0, 0.1) is 5.92 Å². The molecule has 1 saturated carbocycles. The lowest BCUT2D eigenvalue weighted by molar-refractivity contribution is 0.175. The highest BCUT2D eigenvalue weighted by Gasteiger charge is 2.23. The molecule has 0 heterocycles. The van der Waals surface area contributed by atoms with Gasteiger partial charge in [0.25, 0.3) is 0 Å². The molecular formula is C13H28N2. The Hall–Kier alpha value is -0.0800. The molecule has 1 N–H and O–H groups in total. The summed E-state index contributed by atoms with van der Waals surface area (Å²) in [7, 11) is 4.31. The van der Waals surface area contributed by atoms with E-state index in [4.69, 9.17) is 0 Å². The summed E-state index contributed by atoms with van der Waals surface area (Å²) in [6.07, 6.45) is 5.54.